The van der Waals surface area contributed by atoms with E-state index in [1.165, 1.54) is 22.3 Å². The maximum absolute atomic E-state index is 7.51. The molecule has 3 nitrogen and oxygen atoms in total. The molecule has 2 aromatic rings. The first-order valence-corrected chi connectivity index (χ1v) is 7.13. The zero-order valence-electron chi connectivity index (χ0n) is 13.0. The molecule has 0 radical (unpaired) electrons. The molecule has 3 heteroatoms. The van der Waals surface area contributed by atoms with Gasteiger partial charge in [-0.15, -0.1) is 0 Å². The van der Waals surface area contributed by atoms with Crippen LogP contribution < -0.4 is 5.73 Å². The largest absolute Gasteiger partial charge is 0.384 e. The zero-order valence-corrected chi connectivity index (χ0v) is 13.0. The van der Waals surface area contributed by atoms with E-state index in [2.05, 4.69) is 50.1 Å². The topological polar surface area (TPSA) is 53.1 Å². The molecule has 2 rings (SSSR count). The van der Waals surface area contributed by atoms with Gasteiger partial charge in [-0.2, -0.15) is 0 Å². The first-order chi connectivity index (χ1) is 9.94. The van der Waals surface area contributed by atoms with Crippen LogP contribution in [0.5, 0.6) is 0 Å². The van der Waals surface area contributed by atoms with Crippen LogP contribution >= 0.6 is 0 Å². The van der Waals surface area contributed by atoms with E-state index in [-0.39, 0.29) is 5.84 Å². The summed E-state index contributed by atoms with van der Waals surface area (Å²) in [7, 11) is 2.11. The maximum atomic E-state index is 7.51. The average molecular weight is 281 g/mol. The van der Waals surface area contributed by atoms with E-state index in [0.29, 0.717) is 0 Å². The van der Waals surface area contributed by atoms with E-state index in [0.717, 1.165) is 18.7 Å². The minimum Gasteiger partial charge on any atom is -0.384 e. The quantitative estimate of drug-likeness (QED) is 0.653. The number of nitrogens with one attached hydrogen (secondary N) is 1. The van der Waals surface area contributed by atoms with Crippen LogP contribution in [0.1, 0.15) is 27.8 Å². The van der Waals surface area contributed by atoms with Crippen molar-refractivity contribution in [3.63, 3.8) is 0 Å². The van der Waals surface area contributed by atoms with Crippen molar-refractivity contribution in [1.29, 1.82) is 5.41 Å². The molecule has 0 spiro atoms. The summed E-state index contributed by atoms with van der Waals surface area (Å²) in [6.07, 6.45) is 0. The van der Waals surface area contributed by atoms with E-state index in [1.807, 2.05) is 18.2 Å². The maximum Gasteiger partial charge on any atom is 0.122 e. The summed E-state index contributed by atoms with van der Waals surface area (Å²) in [4.78, 5) is 2.27. The third kappa shape index (κ3) is 4.43. The van der Waals surface area contributed by atoms with Gasteiger partial charge in [0, 0.05) is 18.7 Å². The van der Waals surface area contributed by atoms with Crippen molar-refractivity contribution in [2.24, 2.45) is 5.73 Å². The Morgan fingerprint density at radius 2 is 1.62 bits per heavy atom. The number of rotatable bonds is 5. The van der Waals surface area contributed by atoms with Crippen LogP contribution in [0.3, 0.4) is 0 Å². The summed E-state index contributed by atoms with van der Waals surface area (Å²) in [5.41, 5.74) is 11.4. The van der Waals surface area contributed by atoms with Crippen molar-refractivity contribution >= 4 is 5.84 Å². The Bertz CT molecular complexity index is 626. The van der Waals surface area contributed by atoms with Gasteiger partial charge in [0.25, 0.3) is 0 Å². The summed E-state index contributed by atoms with van der Waals surface area (Å²) in [6.45, 7) is 6.01. The molecule has 0 aromatic heterocycles. The summed E-state index contributed by atoms with van der Waals surface area (Å²) in [5, 5.41) is 7.51. The fourth-order valence-corrected chi connectivity index (χ4v) is 2.68. The monoisotopic (exact) mass is 281 g/mol. The van der Waals surface area contributed by atoms with Crippen LogP contribution in [0, 0.1) is 19.3 Å². The molecule has 0 bridgehead atoms. The Kier molecular flexibility index (Phi) is 4.76. The summed E-state index contributed by atoms with van der Waals surface area (Å²) in [6, 6.07) is 14.5. The molecule has 0 fully saturated rings. The molecule has 0 aliphatic heterocycles. The first kappa shape index (κ1) is 15.3. The minimum absolute atomic E-state index is 0.119. The molecule has 0 amide bonds. The Labute approximate surface area is 126 Å². The van der Waals surface area contributed by atoms with Crippen LogP contribution in [0.15, 0.2) is 42.5 Å². The molecule has 110 valence electrons. The van der Waals surface area contributed by atoms with Crippen molar-refractivity contribution in [1.82, 2.24) is 4.90 Å². The van der Waals surface area contributed by atoms with Crippen LogP contribution in [-0.2, 0) is 13.1 Å². The van der Waals surface area contributed by atoms with E-state index >= 15 is 0 Å². The fraction of sp³-hybridized carbons (Fsp3) is 0.278. The van der Waals surface area contributed by atoms with Crippen molar-refractivity contribution in [3.05, 3.63) is 70.3 Å². The van der Waals surface area contributed by atoms with Gasteiger partial charge in [0.1, 0.15) is 5.84 Å². The standard InChI is InChI=1S/C18H23N3/c1-13-7-14(2)9-16(8-13)12-21(3)11-15-5-4-6-17(10-15)18(19)20/h4-10H,11-12H2,1-3H3,(H3,19,20). The van der Waals surface area contributed by atoms with E-state index in [9.17, 15) is 0 Å². The van der Waals surface area contributed by atoms with Gasteiger partial charge in [-0.3, -0.25) is 10.3 Å². The third-order valence-electron chi connectivity index (χ3n) is 3.42. The van der Waals surface area contributed by atoms with Crippen LogP contribution in [-0.4, -0.2) is 17.8 Å². The first-order valence-electron chi connectivity index (χ1n) is 7.13. The molecular formula is C18H23N3. The number of hydrogen-bond acceptors (Lipinski definition) is 2. The highest BCUT2D eigenvalue weighted by molar-refractivity contribution is 5.95. The van der Waals surface area contributed by atoms with Gasteiger partial charge in [0.15, 0.2) is 0 Å². The second kappa shape index (κ2) is 6.55. The third-order valence-corrected chi connectivity index (χ3v) is 3.42. The summed E-state index contributed by atoms with van der Waals surface area (Å²) >= 11 is 0. The van der Waals surface area contributed by atoms with Crippen LogP contribution in [0.2, 0.25) is 0 Å². The molecule has 0 unspecified atom stereocenters. The molecule has 0 saturated heterocycles. The zero-order chi connectivity index (χ0) is 15.4. The van der Waals surface area contributed by atoms with Gasteiger partial charge in [0.05, 0.1) is 0 Å². The molecular weight excluding hydrogens is 258 g/mol. The van der Waals surface area contributed by atoms with Crippen LogP contribution in [0.4, 0.5) is 0 Å². The lowest BCUT2D eigenvalue weighted by molar-refractivity contribution is 0.319. The number of hydrogen-bond donors (Lipinski definition) is 2. The number of amidine groups is 1. The molecule has 0 saturated carbocycles. The lowest BCUT2D eigenvalue weighted by Crippen LogP contribution is -2.18. The molecule has 3 N–H and O–H groups in total. The Morgan fingerprint density at radius 3 is 2.24 bits per heavy atom. The number of benzene rings is 2. The van der Waals surface area contributed by atoms with E-state index in [1.54, 1.807) is 0 Å². The van der Waals surface area contributed by atoms with Crippen molar-refractivity contribution in [2.75, 3.05) is 7.05 Å². The van der Waals surface area contributed by atoms with Crippen molar-refractivity contribution in [3.8, 4) is 0 Å². The summed E-state index contributed by atoms with van der Waals surface area (Å²) in [5.74, 6) is 0.119. The second-order valence-electron chi connectivity index (χ2n) is 5.78. The second-order valence-corrected chi connectivity index (χ2v) is 5.78. The molecule has 2 aromatic carbocycles. The fourth-order valence-electron chi connectivity index (χ4n) is 2.68. The SMILES string of the molecule is Cc1cc(C)cc(CN(C)Cc2cccc(C(=N)N)c2)c1. The number of nitrogens with zero attached hydrogens (tertiary/aromatic N) is 1. The van der Waals surface area contributed by atoms with Gasteiger partial charge in [-0.1, -0.05) is 47.5 Å². The molecule has 21 heavy (non-hydrogen) atoms. The number of nitrogens with two attached hydrogens (primary N) is 1. The average Bonchev–Trinajstić information content (AvgIpc) is 2.37. The smallest absolute Gasteiger partial charge is 0.122 e. The van der Waals surface area contributed by atoms with Gasteiger partial charge in [0.2, 0.25) is 0 Å². The highest BCUT2D eigenvalue weighted by atomic mass is 15.1. The predicted molar refractivity (Wildman–Crippen MR) is 88.5 cm³/mol. The molecule has 0 atom stereocenters. The number of aryl methyl sites for hydroxylation is 2. The van der Waals surface area contributed by atoms with Gasteiger partial charge in [-0.05, 0) is 38.1 Å². The Balaban J connectivity index is 2.06. The number of nitrogen functional groups attached to an aromatic ring is 1. The van der Waals surface area contributed by atoms with Crippen molar-refractivity contribution < 1.29 is 0 Å². The van der Waals surface area contributed by atoms with E-state index < -0.39 is 0 Å². The predicted octanol–water partition coefficient (Wildman–Crippen LogP) is 3.22. The highest BCUT2D eigenvalue weighted by Crippen LogP contribution is 2.13. The minimum atomic E-state index is 0.119. The Morgan fingerprint density at radius 1 is 1.00 bits per heavy atom. The summed E-state index contributed by atoms with van der Waals surface area (Å²) < 4.78 is 0. The molecule has 0 aliphatic carbocycles. The Hall–Kier alpha value is -2.13. The lowest BCUT2D eigenvalue weighted by atomic mass is 10.1. The molecule has 0 aliphatic rings. The van der Waals surface area contributed by atoms with Crippen molar-refractivity contribution in [2.45, 2.75) is 26.9 Å². The van der Waals surface area contributed by atoms with E-state index in [4.69, 9.17) is 11.1 Å². The van der Waals surface area contributed by atoms with Crippen LogP contribution in [0.25, 0.3) is 0 Å². The normalized spacial score (nSPS) is 10.9. The van der Waals surface area contributed by atoms with Gasteiger partial charge < -0.3 is 5.73 Å². The van der Waals surface area contributed by atoms with Gasteiger partial charge in [-0.25, -0.2) is 0 Å². The highest BCUT2D eigenvalue weighted by Gasteiger charge is 2.05. The molecule has 0 heterocycles. The lowest BCUT2D eigenvalue weighted by Gasteiger charge is -2.18. The van der Waals surface area contributed by atoms with Gasteiger partial charge >= 0.3 is 0 Å².